The fourth-order valence-electron chi connectivity index (χ4n) is 6.40. The van der Waals surface area contributed by atoms with Crippen molar-refractivity contribution in [3.63, 3.8) is 0 Å². The second-order valence-electron chi connectivity index (χ2n) is 11.9. The molecule has 47 heavy (non-hydrogen) atoms. The molecule has 11 nitrogen and oxygen atoms in total. The molecule has 1 aromatic heterocycles. The monoisotopic (exact) mass is 651 g/mol. The van der Waals surface area contributed by atoms with Gasteiger partial charge < -0.3 is 34.0 Å². The van der Waals surface area contributed by atoms with Gasteiger partial charge in [0.25, 0.3) is 0 Å². The summed E-state index contributed by atoms with van der Waals surface area (Å²) in [4.78, 5) is 19.4. The second kappa shape index (κ2) is 12.7. The van der Waals surface area contributed by atoms with E-state index in [1.807, 2.05) is 36.4 Å². The predicted octanol–water partition coefficient (Wildman–Crippen LogP) is 5.96. The number of aryl methyl sites for hydroxylation is 1. The Morgan fingerprint density at radius 2 is 1.57 bits per heavy atom. The van der Waals surface area contributed by atoms with Crippen LogP contribution in [0.1, 0.15) is 24.0 Å². The van der Waals surface area contributed by atoms with Crippen LogP contribution in [-0.4, -0.2) is 63.6 Å². The Morgan fingerprint density at radius 1 is 0.894 bits per heavy atom. The molecule has 0 spiro atoms. The number of rotatable bonds is 11. The molecule has 0 aliphatic carbocycles. The number of piperazine rings is 1. The van der Waals surface area contributed by atoms with Gasteiger partial charge in [-0.2, -0.15) is 0 Å². The van der Waals surface area contributed by atoms with E-state index in [-0.39, 0.29) is 30.3 Å². The lowest BCUT2D eigenvalue weighted by molar-refractivity contribution is -0.389. The summed E-state index contributed by atoms with van der Waals surface area (Å²) in [5.41, 5.74) is 3.09. The summed E-state index contributed by atoms with van der Waals surface area (Å²) in [6.45, 7) is 3.93. The topological polar surface area (TPSA) is 104 Å². The van der Waals surface area contributed by atoms with Crippen LogP contribution in [0.2, 0.25) is 0 Å². The summed E-state index contributed by atoms with van der Waals surface area (Å²) in [5, 5.41) is 11.0. The van der Waals surface area contributed by atoms with Crippen molar-refractivity contribution in [2.24, 2.45) is 0 Å². The van der Waals surface area contributed by atoms with E-state index in [0.29, 0.717) is 37.4 Å². The van der Waals surface area contributed by atoms with E-state index in [1.54, 1.807) is 16.7 Å². The van der Waals surface area contributed by atoms with Gasteiger partial charge in [0.2, 0.25) is 0 Å². The molecule has 0 radical (unpaired) electrons. The molecule has 3 aliphatic rings. The molecule has 2 fully saturated rings. The maximum absolute atomic E-state index is 12.4. The molecule has 4 aromatic rings. The average molecular weight is 652 g/mol. The predicted molar refractivity (Wildman–Crippen MR) is 164 cm³/mol. The van der Waals surface area contributed by atoms with E-state index in [9.17, 15) is 23.3 Å². The number of imidazole rings is 1. The van der Waals surface area contributed by atoms with Crippen molar-refractivity contribution >= 4 is 11.5 Å². The molecule has 246 valence electrons. The van der Waals surface area contributed by atoms with Crippen molar-refractivity contribution in [1.29, 1.82) is 0 Å². The zero-order chi connectivity index (χ0) is 32.5. The normalized spacial score (nSPS) is 20.5. The van der Waals surface area contributed by atoms with E-state index < -0.39 is 11.3 Å². The summed E-state index contributed by atoms with van der Waals surface area (Å²) in [6, 6.07) is 22.8. The average Bonchev–Trinajstić information content (AvgIpc) is 3.78. The van der Waals surface area contributed by atoms with E-state index in [1.165, 1.54) is 23.9 Å². The van der Waals surface area contributed by atoms with Gasteiger partial charge in [0.1, 0.15) is 42.8 Å². The third kappa shape index (κ3) is 7.22. The third-order valence-corrected chi connectivity index (χ3v) is 8.71. The standard InChI is InChI=1S/C33H32F3N5O6/c34-33(35,36)47-29-9-3-23(4-10-29)20-44-27-7-1-22(2-8-27)16-39-17-26-15-25(39)18-40(26)24-5-11-28(12-6-24)45-21-30-13-14-38-19-31(41(42)43)37-32(38)46-30/h1-12,19,25-26,30H,13-18,20-21H2/t25?,26?,30-/m0/s1. The SMILES string of the molecule is O=[N+]([O-])c1cn2c(n1)O[C@H](COc1ccc(N3CC4CC3CN4Cc3ccc(OCc4ccc(OC(F)(F)F)cc4)cc3)cc1)CC2. The first-order valence-corrected chi connectivity index (χ1v) is 15.3. The molecule has 2 bridgehead atoms. The smallest absolute Gasteiger partial charge is 0.490 e. The highest BCUT2D eigenvalue weighted by Gasteiger charge is 2.43. The van der Waals surface area contributed by atoms with Gasteiger partial charge in [0, 0.05) is 55.4 Å². The maximum Gasteiger partial charge on any atom is 0.573 e. The molecule has 3 aromatic carbocycles. The third-order valence-electron chi connectivity index (χ3n) is 8.71. The quantitative estimate of drug-likeness (QED) is 0.144. The lowest BCUT2D eigenvalue weighted by Gasteiger charge is -2.35. The van der Waals surface area contributed by atoms with Crippen LogP contribution in [0.25, 0.3) is 0 Å². The fourth-order valence-corrected chi connectivity index (χ4v) is 6.40. The van der Waals surface area contributed by atoms with Gasteiger partial charge in [0.15, 0.2) is 0 Å². The van der Waals surface area contributed by atoms with Gasteiger partial charge in [-0.25, -0.2) is 0 Å². The Morgan fingerprint density at radius 3 is 2.26 bits per heavy atom. The van der Waals surface area contributed by atoms with Gasteiger partial charge in [-0.05, 0) is 71.0 Å². The first-order chi connectivity index (χ1) is 22.6. The van der Waals surface area contributed by atoms with Crippen LogP contribution in [0.5, 0.6) is 23.3 Å². The summed E-state index contributed by atoms with van der Waals surface area (Å²) < 4.78 is 60.2. The molecule has 7 rings (SSSR count). The molecule has 0 N–H and O–H groups in total. The van der Waals surface area contributed by atoms with Crippen LogP contribution in [0, 0.1) is 10.1 Å². The van der Waals surface area contributed by atoms with Gasteiger partial charge in [-0.15, -0.1) is 13.2 Å². The van der Waals surface area contributed by atoms with Crippen molar-refractivity contribution in [1.82, 2.24) is 14.5 Å². The Kier molecular flexibility index (Phi) is 8.26. The number of hydrogen-bond donors (Lipinski definition) is 0. The molecule has 4 heterocycles. The summed E-state index contributed by atoms with van der Waals surface area (Å²) in [5.74, 6) is 0.951. The number of nitrogens with zero attached hydrogens (tertiary/aromatic N) is 5. The van der Waals surface area contributed by atoms with Crippen LogP contribution >= 0.6 is 0 Å². The van der Waals surface area contributed by atoms with E-state index in [2.05, 4.69) is 31.7 Å². The minimum atomic E-state index is -4.71. The molecule has 14 heteroatoms. The number of likely N-dealkylation sites (tertiary alicyclic amines) is 1. The molecule has 0 saturated carbocycles. The molecular formula is C33H32F3N5O6. The number of benzene rings is 3. The number of hydrogen-bond acceptors (Lipinski definition) is 9. The Labute approximate surface area is 268 Å². The molecule has 0 amide bonds. The summed E-state index contributed by atoms with van der Waals surface area (Å²) >= 11 is 0. The number of fused-ring (bicyclic) bond motifs is 3. The van der Waals surface area contributed by atoms with Crippen LogP contribution in [0.4, 0.5) is 24.7 Å². The van der Waals surface area contributed by atoms with Crippen LogP contribution in [-0.2, 0) is 19.7 Å². The lowest BCUT2D eigenvalue weighted by atomic mass is 10.1. The number of alkyl halides is 3. The largest absolute Gasteiger partial charge is 0.573 e. The summed E-state index contributed by atoms with van der Waals surface area (Å²) in [6.07, 6.45) is -1.77. The zero-order valence-electron chi connectivity index (χ0n) is 25.2. The van der Waals surface area contributed by atoms with Crippen molar-refractivity contribution in [2.75, 3.05) is 24.6 Å². The van der Waals surface area contributed by atoms with Crippen molar-refractivity contribution < 1.29 is 37.0 Å². The maximum atomic E-state index is 12.4. The highest BCUT2D eigenvalue weighted by molar-refractivity contribution is 5.52. The number of aromatic nitrogens is 2. The minimum absolute atomic E-state index is 0.219. The molecule has 3 aliphatic heterocycles. The van der Waals surface area contributed by atoms with Crippen molar-refractivity contribution in [3.8, 4) is 23.3 Å². The number of anilines is 1. The molecule has 2 saturated heterocycles. The van der Waals surface area contributed by atoms with Gasteiger partial charge in [-0.1, -0.05) is 24.3 Å². The highest BCUT2D eigenvalue weighted by Crippen LogP contribution is 2.36. The van der Waals surface area contributed by atoms with Crippen LogP contribution in [0.15, 0.2) is 79.0 Å². The van der Waals surface area contributed by atoms with Crippen molar-refractivity contribution in [2.45, 2.75) is 57.1 Å². The molecule has 3 atom stereocenters. The minimum Gasteiger partial charge on any atom is -0.490 e. The number of nitro groups is 1. The van der Waals surface area contributed by atoms with E-state index >= 15 is 0 Å². The fraction of sp³-hybridized carbons (Fsp3) is 0.364. The van der Waals surface area contributed by atoms with Crippen LogP contribution < -0.4 is 23.8 Å². The Bertz CT molecular complexity index is 1700. The van der Waals surface area contributed by atoms with Gasteiger partial charge in [-0.3, -0.25) is 9.47 Å². The highest BCUT2D eigenvalue weighted by atomic mass is 19.4. The van der Waals surface area contributed by atoms with E-state index in [4.69, 9.17) is 14.2 Å². The Balaban J connectivity index is 0.851. The molecule has 2 unspecified atom stereocenters. The van der Waals surface area contributed by atoms with Crippen molar-refractivity contribution in [3.05, 3.63) is 100 Å². The van der Waals surface area contributed by atoms with Crippen LogP contribution in [0.3, 0.4) is 0 Å². The van der Waals surface area contributed by atoms with Gasteiger partial charge >= 0.3 is 18.2 Å². The first kappa shape index (κ1) is 30.7. The van der Waals surface area contributed by atoms with E-state index in [0.717, 1.165) is 43.1 Å². The first-order valence-electron chi connectivity index (χ1n) is 15.3. The molecular weight excluding hydrogens is 619 g/mol. The number of ether oxygens (including phenoxy) is 4. The second-order valence-corrected chi connectivity index (χ2v) is 11.9. The number of halogens is 3. The lowest BCUT2D eigenvalue weighted by Crippen LogP contribution is -2.46. The Hall–Kier alpha value is -4.98. The zero-order valence-corrected chi connectivity index (χ0v) is 25.2. The van der Waals surface area contributed by atoms with Gasteiger partial charge in [0.05, 0.1) is 0 Å². The summed E-state index contributed by atoms with van der Waals surface area (Å²) in [7, 11) is 0.